The molecule has 4 aliphatic heterocycles. The third kappa shape index (κ3) is 6.57. The second-order valence-corrected chi connectivity index (χ2v) is 15.7. The van der Waals surface area contributed by atoms with Crippen LogP contribution in [0.15, 0.2) is 36.9 Å². The minimum absolute atomic E-state index is 0.0942. The van der Waals surface area contributed by atoms with E-state index < -0.39 is 30.0 Å². The molecule has 10 nitrogen and oxygen atoms in total. The molecule has 5 fully saturated rings. The lowest BCUT2D eigenvalue weighted by Crippen LogP contribution is -2.83. The third-order valence-electron chi connectivity index (χ3n) is 13.0. The minimum Gasteiger partial charge on any atom is -0.348 e. The Morgan fingerprint density at radius 3 is 2.62 bits per heavy atom. The summed E-state index contributed by atoms with van der Waals surface area (Å²) in [6.07, 6.45) is 10.7. The summed E-state index contributed by atoms with van der Waals surface area (Å²) in [6, 6.07) is 9.09. The van der Waals surface area contributed by atoms with Crippen LogP contribution in [0.1, 0.15) is 94.5 Å². The largest absolute Gasteiger partial charge is 0.348 e. The van der Waals surface area contributed by atoms with Gasteiger partial charge < -0.3 is 19.3 Å². The average Bonchev–Trinajstić information content (AvgIpc) is 3.52. The van der Waals surface area contributed by atoms with Crippen molar-refractivity contribution >= 4 is 11.7 Å². The van der Waals surface area contributed by atoms with Gasteiger partial charge in [-0.25, -0.2) is 4.39 Å². The second kappa shape index (κ2) is 15.1. The van der Waals surface area contributed by atoms with E-state index in [9.17, 15) is 10.1 Å². The van der Waals surface area contributed by atoms with Gasteiger partial charge in [-0.05, 0) is 69.7 Å². The quantitative estimate of drug-likeness (QED) is 0.398. The van der Waals surface area contributed by atoms with Crippen LogP contribution in [0.5, 0.6) is 0 Å². The topological polar surface area (TPSA) is 110 Å². The summed E-state index contributed by atoms with van der Waals surface area (Å²) in [5, 5.41) is 17.6. The summed E-state index contributed by atoms with van der Waals surface area (Å²) in [7, 11) is 2.14. The van der Waals surface area contributed by atoms with E-state index in [1.165, 1.54) is 25.3 Å². The standard InChI is InChI=1S/C39H55FN6O4/c1-3-33(47)46-23-22-45(25-29(46)18-20-41)39(28-13-7-5-4-6-8-14-28)32-17-19-38(24-27-12-9-10-16-31(27)36(40)50-38)35(48)34(32)42-37(43-39)49-26-30-15-11-21-44(30)2/h3,9-10,12,16,28-30,32,34,36-37,42-43H,1,4-8,11,13-15,17-19,21-26H2,2H3/t29?,30?,32?,34?,36?,37?,38-,39?/m1/s1. The molecular weight excluding hydrogens is 635 g/mol. The van der Waals surface area contributed by atoms with Crippen molar-refractivity contribution in [2.24, 2.45) is 11.8 Å². The van der Waals surface area contributed by atoms with Crippen molar-refractivity contribution in [3.63, 3.8) is 0 Å². The van der Waals surface area contributed by atoms with Crippen LogP contribution in [0, 0.1) is 23.2 Å². The lowest BCUT2D eigenvalue weighted by molar-refractivity contribution is -0.216. The van der Waals surface area contributed by atoms with Crippen LogP contribution in [-0.4, -0.2) is 102 Å². The number of nitrogens with zero attached hydrogens (tertiary/aromatic N) is 4. The van der Waals surface area contributed by atoms with Gasteiger partial charge >= 0.3 is 0 Å². The molecular formula is C39H55FN6O4. The van der Waals surface area contributed by atoms with E-state index in [-0.39, 0.29) is 36.0 Å². The predicted octanol–water partition coefficient (Wildman–Crippen LogP) is 4.57. The molecule has 2 saturated carbocycles. The number of amides is 1. The van der Waals surface area contributed by atoms with Crippen molar-refractivity contribution in [2.75, 3.05) is 39.8 Å². The fraction of sp³-hybridized carbons (Fsp3) is 0.718. The third-order valence-corrected chi connectivity index (χ3v) is 13.0. The summed E-state index contributed by atoms with van der Waals surface area (Å²) in [5.74, 6) is -0.190. The molecule has 272 valence electrons. The number of rotatable bonds is 7. The molecule has 3 saturated heterocycles. The molecule has 1 aromatic rings. The van der Waals surface area contributed by atoms with Crippen molar-refractivity contribution in [1.29, 1.82) is 5.26 Å². The number of likely N-dealkylation sites (N-methyl/N-ethyl adjacent to an activating group) is 1. The average molecular weight is 691 g/mol. The highest BCUT2D eigenvalue weighted by atomic mass is 19.1. The summed E-state index contributed by atoms with van der Waals surface area (Å²) in [6.45, 7) is 6.87. The SMILES string of the molecule is C=CC(=O)N1CCN(C2(C3CCCCCCC3)NC(OCC3CCCN3C)NC3C(=O)[C@@]4(CCC32)Cc2ccccc2C(F)O4)CC1CC#N. The number of hydrogen-bond donors (Lipinski definition) is 2. The molecule has 7 unspecified atom stereocenters. The number of fused-ring (bicyclic) bond motifs is 2. The van der Waals surface area contributed by atoms with Crippen LogP contribution < -0.4 is 10.6 Å². The van der Waals surface area contributed by atoms with Crippen molar-refractivity contribution in [3.05, 3.63) is 48.0 Å². The van der Waals surface area contributed by atoms with Crippen LogP contribution in [0.2, 0.25) is 0 Å². The van der Waals surface area contributed by atoms with Gasteiger partial charge in [0.2, 0.25) is 12.3 Å². The summed E-state index contributed by atoms with van der Waals surface area (Å²) >= 11 is 0. The molecule has 50 heavy (non-hydrogen) atoms. The number of nitrogens with one attached hydrogen (secondary N) is 2. The molecule has 4 heterocycles. The van der Waals surface area contributed by atoms with E-state index >= 15 is 9.18 Å². The molecule has 2 aliphatic carbocycles. The Kier molecular flexibility index (Phi) is 10.8. The highest BCUT2D eigenvalue weighted by Crippen LogP contribution is 2.51. The van der Waals surface area contributed by atoms with Gasteiger partial charge in [-0.15, -0.1) is 0 Å². The van der Waals surface area contributed by atoms with Gasteiger partial charge in [0.15, 0.2) is 12.1 Å². The van der Waals surface area contributed by atoms with E-state index in [1.807, 2.05) is 18.2 Å². The van der Waals surface area contributed by atoms with Gasteiger partial charge in [-0.3, -0.25) is 25.1 Å². The summed E-state index contributed by atoms with van der Waals surface area (Å²) in [5.41, 5.74) is -0.568. The molecule has 6 aliphatic rings. The predicted molar refractivity (Wildman–Crippen MR) is 187 cm³/mol. The highest BCUT2D eigenvalue weighted by Gasteiger charge is 2.64. The van der Waals surface area contributed by atoms with E-state index in [4.69, 9.17) is 9.47 Å². The van der Waals surface area contributed by atoms with Crippen LogP contribution in [0.3, 0.4) is 0 Å². The molecule has 0 aromatic heterocycles. The Bertz CT molecular complexity index is 1450. The molecule has 0 bridgehead atoms. The number of halogens is 1. The van der Waals surface area contributed by atoms with Crippen molar-refractivity contribution < 1.29 is 23.5 Å². The van der Waals surface area contributed by atoms with Gasteiger partial charge in [0.1, 0.15) is 5.60 Å². The van der Waals surface area contributed by atoms with Crippen molar-refractivity contribution in [1.82, 2.24) is 25.3 Å². The van der Waals surface area contributed by atoms with Gasteiger partial charge in [-0.1, -0.05) is 62.9 Å². The maximum absolute atomic E-state index is 15.8. The minimum atomic E-state index is -1.66. The Labute approximate surface area is 296 Å². The van der Waals surface area contributed by atoms with Crippen LogP contribution >= 0.6 is 0 Å². The molecule has 2 N–H and O–H groups in total. The second-order valence-electron chi connectivity index (χ2n) is 15.7. The maximum Gasteiger partial charge on any atom is 0.246 e. The number of hydrogen-bond acceptors (Lipinski definition) is 9. The molecule has 11 heteroatoms. The molecule has 0 radical (unpaired) electrons. The molecule has 8 atom stereocenters. The molecule has 1 aromatic carbocycles. The fourth-order valence-electron chi connectivity index (χ4n) is 10.4. The zero-order valence-corrected chi connectivity index (χ0v) is 29.7. The van der Waals surface area contributed by atoms with Crippen LogP contribution in [-0.2, 0) is 25.5 Å². The lowest BCUT2D eigenvalue weighted by Gasteiger charge is -2.64. The number of piperazine rings is 1. The van der Waals surface area contributed by atoms with E-state index in [2.05, 4.69) is 40.1 Å². The number of carbonyl (C=O) groups excluding carboxylic acids is 2. The lowest BCUT2D eigenvalue weighted by atomic mass is 9.61. The fourth-order valence-corrected chi connectivity index (χ4v) is 10.4. The first kappa shape index (κ1) is 35.7. The van der Waals surface area contributed by atoms with Gasteiger partial charge in [0, 0.05) is 43.6 Å². The van der Waals surface area contributed by atoms with Gasteiger partial charge in [0.05, 0.1) is 36.8 Å². The van der Waals surface area contributed by atoms with Crippen molar-refractivity contribution in [3.8, 4) is 6.07 Å². The first-order valence-electron chi connectivity index (χ1n) is 19.1. The first-order valence-corrected chi connectivity index (χ1v) is 19.1. The Balaban J connectivity index is 1.28. The molecule has 7 rings (SSSR count). The first-order chi connectivity index (χ1) is 24.3. The van der Waals surface area contributed by atoms with E-state index in [0.29, 0.717) is 57.1 Å². The maximum atomic E-state index is 15.8. The Morgan fingerprint density at radius 1 is 1.10 bits per heavy atom. The normalized spacial score (nSPS) is 37.4. The monoisotopic (exact) mass is 690 g/mol. The van der Waals surface area contributed by atoms with Gasteiger partial charge in [0.25, 0.3) is 0 Å². The molecule has 1 amide bonds. The number of likely N-dealkylation sites (tertiary alicyclic amines) is 1. The summed E-state index contributed by atoms with van der Waals surface area (Å²) < 4.78 is 28.7. The molecule has 1 spiro atoms. The highest BCUT2D eigenvalue weighted by molar-refractivity contribution is 5.94. The van der Waals surface area contributed by atoms with Crippen LogP contribution in [0.4, 0.5) is 4.39 Å². The number of ketones is 1. The number of carbonyl (C=O) groups is 2. The number of Topliss-reactive ketones (excluding diaryl/α,β-unsaturated/α-hetero) is 1. The Morgan fingerprint density at radius 2 is 1.88 bits per heavy atom. The number of alkyl halides is 1. The Hall–Kier alpha value is -2.72. The number of nitriles is 1. The number of ether oxygens (including phenoxy) is 2. The summed E-state index contributed by atoms with van der Waals surface area (Å²) in [4.78, 5) is 34.7. The van der Waals surface area contributed by atoms with E-state index in [1.54, 1.807) is 11.0 Å². The van der Waals surface area contributed by atoms with Crippen LogP contribution in [0.25, 0.3) is 0 Å². The smallest absolute Gasteiger partial charge is 0.246 e. The zero-order valence-electron chi connectivity index (χ0n) is 29.7. The zero-order chi connectivity index (χ0) is 34.9. The van der Waals surface area contributed by atoms with Crippen molar-refractivity contribution in [2.45, 2.75) is 126 Å². The van der Waals surface area contributed by atoms with E-state index in [0.717, 1.165) is 50.6 Å². The number of benzene rings is 1. The van der Waals surface area contributed by atoms with Gasteiger partial charge in [-0.2, -0.15) is 5.26 Å².